The van der Waals surface area contributed by atoms with Gasteiger partial charge in [-0.05, 0) is 38.9 Å². The highest BCUT2D eigenvalue weighted by Crippen LogP contribution is 2.18. The van der Waals surface area contributed by atoms with Gasteiger partial charge in [0.05, 0.1) is 0 Å². The Kier molecular flexibility index (Phi) is 4.13. The van der Waals surface area contributed by atoms with E-state index in [4.69, 9.17) is 12.2 Å². The van der Waals surface area contributed by atoms with E-state index in [0.717, 1.165) is 0 Å². The van der Waals surface area contributed by atoms with Crippen molar-refractivity contribution in [1.29, 1.82) is 0 Å². The van der Waals surface area contributed by atoms with Crippen LogP contribution in [0, 0.1) is 0 Å². The van der Waals surface area contributed by atoms with Crippen LogP contribution in [0.4, 0.5) is 0 Å². The van der Waals surface area contributed by atoms with E-state index in [1.54, 1.807) is 6.92 Å². The fourth-order valence-corrected chi connectivity index (χ4v) is 1.39. The van der Waals surface area contributed by atoms with Crippen LogP contribution in [0.15, 0.2) is 0 Å². The fourth-order valence-electron chi connectivity index (χ4n) is 1.04. The monoisotopic (exact) mass is 215 g/mol. The number of hydrogen-bond acceptors (Lipinski definition) is 2. The van der Waals surface area contributed by atoms with Gasteiger partial charge in [-0.2, -0.15) is 0 Å². The van der Waals surface area contributed by atoms with E-state index >= 15 is 0 Å². The second-order valence-corrected chi connectivity index (χ2v) is 3.92. The van der Waals surface area contributed by atoms with Crippen molar-refractivity contribution in [2.24, 2.45) is 0 Å². The summed E-state index contributed by atoms with van der Waals surface area (Å²) in [4.78, 5) is 11.3. The molecule has 1 aliphatic rings. The number of nitrogens with one attached hydrogen (secondary N) is 3. The van der Waals surface area contributed by atoms with Crippen molar-refractivity contribution in [3.05, 3.63) is 0 Å². The zero-order valence-electron chi connectivity index (χ0n) is 8.59. The standard InChI is InChI=1S/C9H17N3OS/c1-3-10-8(13)6(2)11-9(14)12-7-4-5-7/h6-7H,3-5H2,1-2H3,(H,10,13)(H2,11,12,14). The molecule has 0 aromatic rings. The number of carbonyl (C=O) groups is 1. The number of rotatable bonds is 4. The Labute approximate surface area is 89.8 Å². The maximum absolute atomic E-state index is 11.3. The molecular weight excluding hydrogens is 198 g/mol. The average molecular weight is 215 g/mol. The summed E-state index contributed by atoms with van der Waals surface area (Å²) < 4.78 is 0. The minimum atomic E-state index is -0.270. The van der Waals surface area contributed by atoms with Gasteiger partial charge < -0.3 is 16.0 Å². The number of carbonyl (C=O) groups excluding carboxylic acids is 1. The summed E-state index contributed by atoms with van der Waals surface area (Å²) >= 11 is 5.05. The van der Waals surface area contributed by atoms with Gasteiger partial charge in [0.25, 0.3) is 0 Å². The molecule has 0 bridgehead atoms. The quantitative estimate of drug-likeness (QED) is 0.584. The summed E-state index contributed by atoms with van der Waals surface area (Å²) in [6, 6.07) is 0.255. The van der Waals surface area contributed by atoms with E-state index < -0.39 is 0 Å². The second-order valence-electron chi connectivity index (χ2n) is 3.51. The van der Waals surface area contributed by atoms with E-state index in [2.05, 4.69) is 16.0 Å². The van der Waals surface area contributed by atoms with Gasteiger partial charge in [-0.1, -0.05) is 0 Å². The van der Waals surface area contributed by atoms with Gasteiger partial charge in [0, 0.05) is 12.6 Å². The molecule has 0 aromatic heterocycles. The Morgan fingerprint density at radius 2 is 2.21 bits per heavy atom. The van der Waals surface area contributed by atoms with Crippen LogP contribution in [0.1, 0.15) is 26.7 Å². The highest BCUT2D eigenvalue weighted by molar-refractivity contribution is 7.80. The average Bonchev–Trinajstić information content (AvgIpc) is 2.88. The molecule has 1 rings (SSSR count). The van der Waals surface area contributed by atoms with Crippen molar-refractivity contribution in [2.45, 2.75) is 38.8 Å². The zero-order valence-corrected chi connectivity index (χ0v) is 9.41. The number of likely N-dealkylation sites (N-methyl/N-ethyl adjacent to an activating group) is 1. The molecule has 1 saturated carbocycles. The van der Waals surface area contributed by atoms with Crippen LogP contribution in [0.2, 0.25) is 0 Å². The summed E-state index contributed by atoms with van der Waals surface area (Å²) in [5, 5.41) is 9.37. The molecule has 4 nitrogen and oxygen atoms in total. The first-order valence-corrected chi connectivity index (χ1v) is 5.39. The minimum Gasteiger partial charge on any atom is -0.360 e. The molecule has 0 aliphatic heterocycles. The summed E-state index contributed by atoms with van der Waals surface area (Å²) in [7, 11) is 0. The molecule has 5 heteroatoms. The van der Waals surface area contributed by atoms with Gasteiger partial charge in [0.15, 0.2) is 5.11 Å². The summed E-state index contributed by atoms with van der Waals surface area (Å²) in [6.07, 6.45) is 2.36. The Bertz CT molecular complexity index is 228. The van der Waals surface area contributed by atoms with E-state index in [9.17, 15) is 4.79 Å². The van der Waals surface area contributed by atoms with Gasteiger partial charge in [0.2, 0.25) is 5.91 Å². The van der Waals surface area contributed by atoms with E-state index in [-0.39, 0.29) is 11.9 Å². The molecule has 1 atom stereocenters. The number of amides is 1. The van der Waals surface area contributed by atoms with Crippen molar-refractivity contribution in [3.8, 4) is 0 Å². The molecule has 80 valence electrons. The smallest absolute Gasteiger partial charge is 0.242 e. The Morgan fingerprint density at radius 1 is 1.57 bits per heavy atom. The summed E-state index contributed by atoms with van der Waals surface area (Å²) in [5.41, 5.74) is 0. The van der Waals surface area contributed by atoms with Crippen molar-refractivity contribution in [3.63, 3.8) is 0 Å². The molecule has 14 heavy (non-hydrogen) atoms. The van der Waals surface area contributed by atoms with Crippen LogP contribution < -0.4 is 16.0 Å². The molecule has 0 radical (unpaired) electrons. The largest absolute Gasteiger partial charge is 0.360 e. The molecule has 0 heterocycles. The minimum absolute atomic E-state index is 0.0209. The van der Waals surface area contributed by atoms with Crippen molar-refractivity contribution in [2.75, 3.05) is 6.54 Å². The maximum Gasteiger partial charge on any atom is 0.242 e. The Balaban J connectivity index is 2.20. The first kappa shape index (κ1) is 11.2. The second kappa shape index (κ2) is 5.14. The van der Waals surface area contributed by atoms with E-state index in [1.165, 1.54) is 12.8 Å². The van der Waals surface area contributed by atoms with Gasteiger partial charge >= 0.3 is 0 Å². The predicted molar refractivity (Wildman–Crippen MR) is 60.0 cm³/mol. The third-order valence-corrected chi connectivity index (χ3v) is 2.24. The van der Waals surface area contributed by atoms with E-state index in [1.807, 2.05) is 6.92 Å². The lowest BCUT2D eigenvalue weighted by molar-refractivity contribution is -0.122. The molecule has 3 N–H and O–H groups in total. The van der Waals surface area contributed by atoms with Crippen LogP contribution in [0.25, 0.3) is 0 Å². The summed E-state index contributed by atoms with van der Waals surface area (Å²) in [6.45, 7) is 4.34. The molecule has 0 aromatic carbocycles. The van der Waals surface area contributed by atoms with Crippen LogP contribution >= 0.6 is 12.2 Å². The SMILES string of the molecule is CCNC(=O)C(C)NC(=S)NC1CC1. The lowest BCUT2D eigenvalue weighted by atomic mass is 10.3. The third-order valence-electron chi connectivity index (χ3n) is 2.00. The predicted octanol–water partition coefficient (Wildman–Crippen LogP) is 0.138. The van der Waals surface area contributed by atoms with Crippen molar-refractivity contribution >= 4 is 23.2 Å². The van der Waals surface area contributed by atoms with Gasteiger partial charge in [-0.25, -0.2) is 0 Å². The Morgan fingerprint density at radius 3 is 2.71 bits per heavy atom. The lowest BCUT2D eigenvalue weighted by Crippen LogP contribution is -2.48. The van der Waals surface area contributed by atoms with E-state index in [0.29, 0.717) is 17.7 Å². The van der Waals surface area contributed by atoms with Crippen LogP contribution in [-0.4, -0.2) is 29.6 Å². The van der Waals surface area contributed by atoms with Crippen molar-refractivity contribution < 1.29 is 4.79 Å². The molecular formula is C9H17N3OS. The van der Waals surface area contributed by atoms with Gasteiger partial charge in [-0.15, -0.1) is 0 Å². The highest BCUT2D eigenvalue weighted by Gasteiger charge is 2.22. The fraction of sp³-hybridized carbons (Fsp3) is 0.778. The zero-order chi connectivity index (χ0) is 10.6. The van der Waals surface area contributed by atoms with Crippen LogP contribution in [0.5, 0.6) is 0 Å². The molecule has 1 amide bonds. The lowest BCUT2D eigenvalue weighted by Gasteiger charge is -2.15. The molecule has 0 spiro atoms. The molecule has 0 saturated heterocycles. The third kappa shape index (κ3) is 3.91. The van der Waals surface area contributed by atoms with Crippen LogP contribution in [-0.2, 0) is 4.79 Å². The number of hydrogen-bond donors (Lipinski definition) is 3. The highest BCUT2D eigenvalue weighted by atomic mass is 32.1. The normalized spacial score (nSPS) is 17.0. The topological polar surface area (TPSA) is 53.2 Å². The molecule has 1 aliphatic carbocycles. The van der Waals surface area contributed by atoms with Gasteiger partial charge in [-0.3, -0.25) is 4.79 Å². The van der Waals surface area contributed by atoms with Crippen molar-refractivity contribution in [1.82, 2.24) is 16.0 Å². The van der Waals surface area contributed by atoms with Gasteiger partial charge in [0.1, 0.15) is 6.04 Å². The Hall–Kier alpha value is -0.840. The molecule has 1 unspecified atom stereocenters. The first-order valence-electron chi connectivity index (χ1n) is 4.98. The number of thiocarbonyl (C=S) groups is 1. The maximum atomic E-state index is 11.3. The van der Waals surface area contributed by atoms with Crippen LogP contribution in [0.3, 0.4) is 0 Å². The summed E-state index contributed by atoms with van der Waals surface area (Å²) in [5.74, 6) is -0.0209. The first-order chi connectivity index (χ1) is 6.63. The molecule has 1 fully saturated rings.